The van der Waals surface area contributed by atoms with Crippen molar-refractivity contribution in [3.05, 3.63) is 47.6 Å². The summed E-state index contributed by atoms with van der Waals surface area (Å²) in [5.74, 6) is 0.0333. The molecular formula is C26H33N7O5S2. The number of sulfonamides is 1. The summed E-state index contributed by atoms with van der Waals surface area (Å²) in [6.45, 7) is 8.11. The van der Waals surface area contributed by atoms with E-state index >= 15 is 0 Å². The third kappa shape index (κ3) is 6.74. The van der Waals surface area contributed by atoms with Crippen molar-refractivity contribution in [3.63, 3.8) is 0 Å². The summed E-state index contributed by atoms with van der Waals surface area (Å²) in [6.07, 6.45) is 7.60. The molecule has 2 fully saturated rings. The van der Waals surface area contributed by atoms with Gasteiger partial charge in [-0.25, -0.2) is 18.4 Å². The molecule has 0 radical (unpaired) electrons. The van der Waals surface area contributed by atoms with E-state index in [0.29, 0.717) is 67.0 Å². The Morgan fingerprint density at radius 3 is 2.70 bits per heavy atom. The standard InChI is InChI=1S/C26H33N7O5S2/c1-4-38-24-12-27-10-21(30-24)23-11-29-26(39-23)25(34)31-22(13-33-16(2)14-37-15-17(33)3)20-9-18(7-8-28-20)32-40(35,36)19-5-6-19/h7-12,16-17,19,22H,4-6,13-15H2,1-3H3,(H,28,32)(H,31,34)/t16-,17+,22?. The van der Waals surface area contributed by atoms with Crippen LogP contribution >= 0.6 is 11.3 Å². The third-order valence-corrected chi connectivity index (χ3v) is 9.66. The molecule has 14 heteroatoms. The van der Waals surface area contributed by atoms with E-state index < -0.39 is 16.1 Å². The first-order valence-corrected chi connectivity index (χ1v) is 15.6. The Labute approximate surface area is 237 Å². The molecule has 12 nitrogen and oxygen atoms in total. The van der Waals surface area contributed by atoms with Gasteiger partial charge in [-0.15, -0.1) is 11.3 Å². The second-order valence-electron chi connectivity index (χ2n) is 9.98. The lowest BCUT2D eigenvalue weighted by Gasteiger charge is -2.40. The van der Waals surface area contributed by atoms with Crippen LogP contribution in [0.2, 0.25) is 0 Å². The van der Waals surface area contributed by atoms with Gasteiger partial charge in [0.05, 0.1) is 59.8 Å². The molecule has 1 aliphatic heterocycles. The van der Waals surface area contributed by atoms with E-state index in [2.05, 4.69) is 48.7 Å². The van der Waals surface area contributed by atoms with Crippen LogP contribution < -0.4 is 14.8 Å². The fourth-order valence-electron chi connectivity index (χ4n) is 4.55. The summed E-state index contributed by atoms with van der Waals surface area (Å²) in [5, 5.41) is 2.99. The van der Waals surface area contributed by atoms with Gasteiger partial charge in [-0.2, -0.15) is 0 Å². The number of pyridine rings is 1. The van der Waals surface area contributed by atoms with Gasteiger partial charge in [0.25, 0.3) is 5.91 Å². The molecule has 1 unspecified atom stereocenters. The monoisotopic (exact) mass is 587 g/mol. The van der Waals surface area contributed by atoms with Crippen LogP contribution in [0.25, 0.3) is 10.6 Å². The maximum atomic E-state index is 13.5. The second kappa shape index (κ2) is 12.1. The quantitative estimate of drug-likeness (QED) is 0.343. The molecule has 214 valence electrons. The van der Waals surface area contributed by atoms with Crippen molar-refractivity contribution in [2.75, 3.05) is 31.1 Å². The minimum Gasteiger partial charge on any atom is -0.477 e. The minimum absolute atomic E-state index is 0.127. The molecule has 0 aromatic carbocycles. The number of anilines is 1. The predicted molar refractivity (Wildman–Crippen MR) is 151 cm³/mol. The highest BCUT2D eigenvalue weighted by molar-refractivity contribution is 7.93. The normalized spacial score (nSPS) is 20.6. The molecule has 2 aliphatic rings. The summed E-state index contributed by atoms with van der Waals surface area (Å²) in [4.78, 5) is 33.8. The zero-order chi connectivity index (χ0) is 28.3. The maximum Gasteiger partial charge on any atom is 0.280 e. The number of nitrogens with one attached hydrogen (secondary N) is 2. The Hall–Kier alpha value is -3.20. The Bertz CT molecular complexity index is 1440. The molecule has 3 atom stereocenters. The van der Waals surface area contributed by atoms with Crippen molar-refractivity contribution < 1.29 is 22.7 Å². The summed E-state index contributed by atoms with van der Waals surface area (Å²) >= 11 is 1.20. The number of carbonyl (C=O) groups is 1. The van der Waals surface area contributed by atoms with Crippen LogP contribution in [-0.4, -0.2) is 82.9 Å². The molecule has 40 heavy (non-hydrogen) atoms. The number of hydrogen-bond donors (Lipinski definition) is 2. The topological polar surface area (TPSA) is 149 Å². The fourth-order valence-corrected chi connectivity index (χ4v) is 6.70. The van der Waals surface area contributed by atoms with Crippen LogP contribution in [0.3, 0.4) is 0 Å². The van der Waals surface area contributed by atoms with Gasteiger partial charge in [-0.1, -0.05) is 0 Å². The van der Waals surface area contributed by atoms with Crippen LogP contribution in [0.15, 0.2) is 36.9 Å². The summed E-state index contributed by atoms with van der Waals surface area (Å²) in [7, 11) is -3.44. The summed E-state index contributed by atoms with van der Waals surface area (Å²) < 4.78 is 38.9. The van der Waals surface area contributed by atoms with Crippen LogP contribution in [0.5, 0.6) is 5.88 Å². The van der Waals surface area contributed by atoms with Crippen LogP contribution in [0, 0.1) is 0 Å². The van der Waals surface area contributed by atoms with E-state index in [0.717, 1.165) is 0 Å². The SMILES string of the molecule is CCOc1cncc(-c2cnc(C(=O)NC(CN3[C@H](C)COC[C@@H]3C)c3cc(NS(=O)(=O)C4CC4)ccn3)s2)n1. The number of rotatable bonds is 11. The lowest BCUT2D eigenvalue weighted by Crippen LogP contribution is -2.52. The highest BCUT2D eigenvalue weighted by Crippen LogP contribution is 2.31. The van der Waals surface area contributed by atoms with Crippen molar-refractivity contribution in [1.82, 2.24) is 30.2 Å². The molecule has 3 aromatic heterocycles. The number of aromatic nitrogens is 4. The summed E-state index contributed by atoms with van der Waals surface area (Å²) in [5.41, 5.74) is 1.53. The predicted octanol–water partition coefficient (Wildman–Crippen LogP) is 2.88. The lowest BCUT2D eigenvalue weighted by molar-refractivity contribution is -0.0403. The average molecular weight is 588 g/mol. The molecule has 3 aromatic rings. The number of carbonyl (C=O) groups excluding carboxylic acids is 1. The molecular weight excluding hydrogens is 554 g/mol. The molecule has 2 N–H and O–H groups in total. The van der Waals surface area contributed by atoms with E-state index in [9.17, 15) is 13.2 Å². The Kier molecular flexibility index (Phi) is 8.59. The Morgan fingerprint density at radius 1 is 1.20 bits per heavy atom. The summed E-state index contributed by atoms with van der Waals surface area (Å²) in [6, 6.07) is 3.02. The van der Waals surface area contributed by atoms with Crippen LogP contribution in [0.1, 0.15) is 55.2 Å². The van der Waals surface area contributed by atoms with E-state index in [-0.39, 0.29) is 28.2 Å². The van der Waals surface area contributed by atoms with Gasteiger partial charge in [-0.3, -0.25) is 24.4 Å². The number of morpholine rings is 1. The van der Waals surface area contributed by atoms with E-state index in [1.807, 2.05) is 6.92 Å². The smallest absolute Gasteiger partial charge is 0.280 e. The number of hydrogen-bond acceptors (Lipinski definition) is 11. The Balaban J connectivity index is 1.38. The van der Waals surface area contributed by atoms with Crippen LogP contribution in [0.4, 0.5) is 5.69 Å². The van der Waals surface area contributed by atoms with Crippen LogP contribution in [-0.2, 0) is 14.8 Å². The number of thiazole rings is 1. The highest BCUT2D eigenvalue weighted by Gasteiger charge is 2.36. The molecule has 1 saturated heterocycles. The lowest BCUT2D eigenvalue weighted by atomic mass is 10.1. The second-order valence-corrected chi connectivity index (χ2v) is 13.0. The molecule has 1 saturated carbocycles. The fraction of sp³-hybridized carbons (Fsp3) is 0.500. The first-order chi connectivity index (χ1) is 19.2. The number of ether oxygens (including phenoxy) is 2. The van der Waals surface area contributed by atoms with Crippen molar-refractivity contribution in [3.8, 4) is 16.5 Å². The number of nitrogens with zero attached hydrogens (tertiary/aromatic N) is 5. The van der Waals surface area contributed by atoms with E-state index in [1.54, 1.807) is 30.7 Å². The molecule has 1 aliphatic carbocycles. The first-order valence-electron chi connectivity index (χ1n) is 13.3. The molecule has 5 rings (SSSR count). The molecule has 4 heterocycles. The van der Waals surface area contributed by atoms with Crippen molar-refractivity contribution in [2.24, 2.45) is 0 Å². The Morgan fingerprint density at radius 2 is 1.98 bits per heavy atom. The van der Waals surface area contributed by atoms with E-state index in [1.165, 1.54) is 17.5 Å². The maximum absolute atomic E-state index is 13.5. The third-order valence-electron chi connectivity index (χ3n) is 6.77. The molecule has 0 bridgehead atoms. The number of amides is 1. The van der Waals surface area contributed by atoms with Gasteiger partial charge in [0.2, 0.25) is 15.9 Å². The average Bonchev–Trinajstić information content (AvgIpc) is 3.68. The van der Waals surface area contributed by atoms with Gasteiger partial charge < -0.3 is 14.8 Å². The zero-order valence-electron chi connectivity index (χ0n) is 22.6. The molecule has 0 spiro atoms. The van der Waals surface area contributed by atoms with Gasteiger partial charge in [-0.05, 0) is 45.7 Å². The largest absolute Gasteiger partial charge is 0.477 e. The van der Waals surface area contributed by atoms with E-state index in [4.69, 9.17) is 9.47 Å². The zero-order valence-corrected chi connectivity index (χ0v) is 24.2. The molecule has 1 amide bonds. The van der Waals surface area contributed by atoms with Gasteiger partial charge in [0.15, 0.2) is 5.01 Å². The van der Waals surface area contributed by atoms with Crippen molar-refractivity contribution >= 4 is 33.0 Å². The van der Waals surface area contributed by atoms with Crippen molar-refractivity contribution in [1.29, 1.82) is 0 Å². The highest BCUT2D eigenvalue weighted by atomic mass is 32.2. The van der Waals surface area contributed by atoms with Gasteiger partial charge in [0.1, 0.15) is 5.69 Å². The van der Waals surface area contributed by atoms with Gasteiger partial charge in [0, 0.05) is 31.0 Å². The minimum atomic E-state index is -3.44. The van der Waals surface area contributed by atoms with Crippen molar-refractivity contribution in [2.45, 2.75) is 57.0 Å². The first kappa shape index (κ1) is 28.3. The van der Waals surface area contributed by atoms with Gasteiger partial charge >= 0.3 is 0 Å².